The van der Waals surface area contributed by atoms with E-state index in [1.807, 2.05) is 56.3 Å². The number of ether oxygens (including phenoxy) is 1. The van der Waals surface area contributed by atoms with Gasteiger partial charge < -0.3 is 15.2 Å². The zero-order valence-corrected chi connectivity index (χ0v) is 18.3. The van der Waals surface area contributed by atoms with E-state index in [0.717, 1.165) is 27.8 Å². The fraction of sp³-hybridized carbons (Fsp3) is 0.231. The van der Waals surface area contributed by atoms with Gasteiger partial charge in [0.15, 0.2) is 0 Å². The standard InChI is InChI=1S/C26H27NO4/c1-16-8-10-21(20-7-5-6-19(14-20)12-13-28)15-23(16)25(29)27-24-17(2)9-11-22(18(24)3)26(30)31-4/h5-11,14-15,28H,12-13H2,1-4H3,(H,27,29). The number of aliphatic hydroxyl groups excluding tert-OH is 1. The van der Waals surface area contributed by atoms with Crippen LogP contribution in [0.3, 0.4) is 0 Å². The van der Waals surface area contributed by atoms with Crippen LogP contribution < -0.4 is 5.32 Å². The van der Waals surface area contributed by atoms with Gasteiger partial charge in [-0.25, -0.2) is 4.79 Å². The van der Waals surface area contributed by atoms with Crippen LogP contribution in [-0.4, -0.2) is 30.7 Å². The first kappa shape index (κ1) is 22.2. The third-order valence-electron chi connectivity index (χ3n) is 5.46. The number of esters is 1. The van der Waals surface area contributed by atoms with Crippen LogP contribution in [0.25, 0.3) is 11.1 Å². The van der Waals surface area contributed by atoms with E-state index in [9.17, 15) is 14.7 Å². The van der Waals surface area contributed by atoms with Crippen molar-refractivity contribution in [3.8, 4) is 11.1 Å². The van der Waals surface area contributed by atoms with Crippen LogP contribution in [0.15, 0.2) is 54.6 Å². The van der Waals surface area contributed by atoms with Crippen molar-refractivity contribution in [2.75, 3.05) is 19.0 Å². The van der Waals surface area contributed by atoms with Gasteiger partial charge in [0.1, 0.15) is 0 Å². The van der Waals surface area contributed by atoms with Crippen LogP contribution >= 0.6 is 0 Å². The molecule has 0 atom stereocenters. The molecule has 2 N–H and O–H groups in total. The predicted molar refractivity (Wildman–Crippen MR) is 123 cm³/mol. The Kier molecular flexibility index (Phi) is 6.88. The van der Waals surface area contributed by atoms with Gasteiger partial charge >= 0.3 is 5.97 Å². The molecule has 0 aliphatic rings. The lowest BCUT2D eigenvalue weighted by atomic mass is 9.97. The highest BCUT2D eigenvalue weighted by Crippen LogP contribution is 2.27. The number of benzene rings is 3. The van der Waals surface area contributed by atoms with E-state index in [2.05, 4.69) is 5.32 Å². The Balaban J connectivity index is 1.96. The minimum Gasteiger partial charge on any atom is -0.465 e. The van der Waals surface area contributed by atoms with Crippen molar-refractivity contribution >= 4 is 17.6 Å². The number of nitrogens with one attached hydrogen (secondary N) is 1. The second-order valence-corrected chi connectivity index (χ2v) is 7.58. The summed E-state index contributed by atoms with van der Waals surface area (Å²) in [6.45, 7) is 5.67. The van der Waals surface area contributed by atoms with E-state index in [-0.39, 0.29) is 12.5 Å². The topological polar surface area (TPSA) is 75.6 Å². The van der Waals surface area contributed by atoms with Crippen molar-refractivity contribution in [1.82, 2.24) is 0 Å². The molecule has 3 aromatic carbocycles. The molecule has 1 amide bonds. The monoisotopic (exact) mass is 417 g/mol. The van der Waals surface area contributed by atoms with Gasteiger partial charge in [-0.05, 0) is 72.7 Å². The van der Waals surface area contributed by atoms with E-state index >= 15 is 0 Å². The smallest absolute Gasteiger partial charge is 0.338 e. The number of hydrogen-bond acceptors (Lipinski definition) is 4. The Bertz CT molecular complexity index is 1130. The van der Waals surface area contributed by atoms with Crippen molar-refractivity contribution in [2.24, 2.45) is 0 Å². The van der Waals surface area contributed by atoms with Gasteiger partial charge in [-0.2, -0.15) is 0 Å². The Morgan fingerprint density at radius 1 is 0.903 bits per heavy atom. The summed E-state index contributed by atoms with van der Waals surface area (Å²) in [4.78, 5) is 25.2. The molecule has 0 radical (unpaired) electrons. The number of aryl methyl sites for hydroxylation is 2. The Morgan fingerprint density at radius 3 is 2.32 bits per heavy atom. The Labute approximate surface area is 182 Å². The molecule has 3 rings (SSSR count). The van der Waals surface area contributed by atoms with E-state index in [0.29, 0.717) is 28.8 Å². The molecule has 5 heteroatoms. The molecule has 0 bridgehead atoms. The predicted octanol–water partition coefficient (Wildman–Crippen LogP) is 4.85. The zero-order valence-electron chi connectivity index (χ0n) is 18.3. The van der Waals surface area contributed by atoms with Gasteiger partial charge in [-0.1, -0.05) is 42.5 Å². The lowest BCUT2D eigenvalue weighted by Gasteiger charge is -2.16. The lowest BCUT2D eigenvalue weighted by molar-refractivity contribution is 0.0599. The number of rotatable bonds is 6. The molecule has 5 nitrogen and oxygen atoms in total. The quantitative estimate of drug-likeness (QED) is 0.562. The van der Waals surface area contributed by atoms with Crippen molar-refractivity contribution in [2.45, 2.75) is 27.2 Å². The zero-order chi connectivity index (χ0) is 22.5. The summed E-state index contributed by atoms with van der Waals surface area (Å²) >= 11 is 0. The van der Waals surface area contributed by atoms with Crippen LogP contribution in [0.2, 0.25) is 0 Å². The van der Waals surface area contributed by atoms with Crippen LogP contribution in [0.4, 0.5) is 5.69 Å². The first-order valence-corrected chi connectivity index (χ1v) is 10.2. The van der Waals surface area contributed by atoms with E-state index in [4.69, 9.17) is 4.74 Å². The summed E-state index contributed by atoms with van der Waals surface area (Å²) in [7, 11) is 1.34. The average Bonchev–Trinajstić information content (AvgIpc) is 2.76. The van der Waals surface area contributed by atoms with Crippen molar-refractivity contribution in [3.63, 3.8) is 0 Å². The molecule has 0 spiro atoms. The fourth-order valence-corrected chi connectivity index (χ4v) is 3.63. The number of hydrogen-bond donors (Lipinski definition) is 2. The summed E-state index contributed by atoms with van der Waals surface area (Å²) in [6, 6.07) is 17.2. The normalized spacial score (nSPS) is 10.6. The summed E-state index contributed by atoms with van der Waals surface area (Å²) in [6.07, 6.45) is 0.585. The van der Waals surface area contributed by atoms with Crippen LogP contribution in [0.1, 0.15) is 43.0 Å². The van der Waals surface area contributed by atoms with Crippen molar-refractivity contribution in [1.29, 1.82) is 0 Å². The maximum atomic E-state index is 13.2. The summed E-state index contributed by atoms with van der Waals surface area (Å²) in [5, 5.41) is 12.2. The number of carbonyl (C=O) groups is 2. The molecular weight excluding hydrogens is 390 g/mol. The van der Waals surface area contributed by atoms with Gasteiger partial charge in [-0.15, -0.1) is 0 Å². The van der Waals surface area contributed by atoms with Crippen LogP contribution in [0.5, 0.6) is 0 Å². The highest BCUT2D eigenvalue weighted by molar-refractivity contribution is 6.07. The lowest BCUT2D eigenvalue weighted by Crippen LogP contribution is -2.17. The second-order valence-electron chi connectivity index (χ2n) is 7.58. The third kappa shape index (κ3) is 4.84. The first-order chi connectivity index (χ1) is 14.8. The van der Waals surface area contributed by atoms with Gasteiger partial charge in [-0.3, -0.25) is 4.79 Å². The molecule has 3 aromatic rings. The molecule has 0 heterocycles. The Hall–Kier alpha value is -3.44. The van der Waals surface area contributed by atoms with Gasteiger partial charge in [0.05, 0.1) is 12.7 Å². The molecule has 0 aliphatic carbocycles. The minimum absolute atomic E-state index is 0.0916. The highest BCUT2D eigenvalue weighted by Gasteiger charge is 2.18. The van der Waals surface area contributed by atoms with Crippen LogP contribution in [0, 0.1) is 20.8 Å². The largest absolute Gasteiger partial charge is 0.465 e. The number of amides is 1. The van der Waals surface area contributed by atoms with Gasteiger partial charge in [0.2, 0.25) is 0 Å². The number of aliphatic hydroxyl groups is 1. The SMILES string of the molecule is COC(=O)c1ccc(C)c(NC(=O)c2cc(-c3cccc(CCO)c3)ccc2C)c1C. The summed E-state index contributed by atoms with van der Waals surface area (Å²) in [5.74, 6) is -0.673. The molecule has 0 aromatic heterocycles. The average molecular weight is 418 g/mol. The van der Waals surface area contributed by atoms with Gasteiger partial charge in [0, 0.05) is 17.9 Å². The number of anilines is 1. The minimum atomic E-state index is -0.436. The molecule has 31 heavy (non-hydrogen) atoms. The van der Waals surface area contributed by atoms with E-state index in [1.54, 1.807) is 19.1 Å². The Morgan fingerprint density at radius 2 is 1.61 bits per heavy atom. The first-order valence-electron chi connectivity index (χ1n) is 10.2. The molecule has 160 valence electrons. The molecule has 0 saturated carbocycles. The van der Waals surface area contributed by atoms with E-state index < -0.39 is 5.97 Å². The number of methoxy groups -OCH3 is 1. The highest BCUT2D eigenvalue weighted by atomic mass is 16.5. The summed E-state index contributed by atoms with van der Waals surface area (Å²) in [5.41, 5.74) is 6.94. The third-order valence-corrected chi connectivity index (χ3v) is 5.46. The van der Waals surface area contributed by atoms with Crippen LogP contribution in [-0.2, 0) is 11.2 Å². The molecule has 0 fully saturated rings. The maximum absolute atomic E-state index is 13.2. The van der Waals surface area contributed by atoms with Crippen molar-refractivity contribution in [3.05, 3.63) is 88.0 Å². The molecule has 0 saturated heterocycles. The van der Waals surface area contributed by atoms with Crippen molar-refractivity contribution < 1.29 is 19.4 Å². The number of carbonyl (C=O) groups excluding carboxylic acids is 2. The van der Waals surface area contributed by atoms with Gasteiger partial charge in [0.25, 0.3) is 5.91 Å². The fourth-order valence-electron chi connectivity index (χ4n) is 3.63. The maximum Gasteiger partial charge on any atom is 0.338 e. The second kappa shape index (κ2) is 9.58. The van der Waals surface area contributed by atoms with E-state index in [1.165, 1.54) is 7.11 Å². The summed E-state index contributed by atoms with van der Waals surface area (Å²) < 4.78 is 4.85. The molecule has 0 aliphatic heterocycles. The molecule has 0 unspecified atom stereocenters. The molecular formula is C26H27NO4.